The van der Waals surface area contributed by atoms with E-state index in [2.05, 4.69) is 21.2 Å². The van der Waals surface area contributed by atoms with Gasteiger partial charge in [0.1, 0.15) is 4.99 Å². The summed E-state index contributed by atoms with van der Waals surface area (Å²) in [5, 5.41) is 3.19. The lowest BCUT2D eigenvalue weighted by Crippen LogP contribution is -2.13. The molecular weight excluding hydrogens is 351 g/mol. The van der Waals surface area contributed by atoms with Crippen molar-refractivity contribution in [1.29, 1.82) is 0 Å². The molecule has 0 radical (unpaired) electrons. The van der Waals surface area contributed by atoms with Gasteiger partial charge < -0.3 is 11.1 Å². The number of anilines is 1. The van der Waals surface area contributed by atoms with Gasteiger partial charge in [-0.25, -0.2) is 4.39 Å². The number of nitrogens with two attached hydrogens (primary N) is 1. The molecule has 0 fully saturated rings. The Labute approximate surface area is 137 Å². The van der Waals surface area contributed by atoms with E-state index in [1.54, 1.807) is 12.1 Å². The number of thiocarbonyl (C=S) groups is 1. The van der Waals surface area contributed by atoms with Gasteiger partial charge in [-0.05, 0) is 53.0 Å². The van der Waals surface area contributed by atoms with Crippen molar-refractivity contribution in [2.24, 2.45) is 5.73 Å². The van der Waals surface area contributed by atoms with Crippen LogP contribution >= 0.6 is 28.1 Å². The van der Waals surface area contributed by atoms with Crippen molar-refractivity contribution in [2.75, 3.05) is 5.32 Å². The van der Waals surface area contributed by atoms with Crippen molar-refractivity contribution in [3.63, 3.8) is 0 Å². The van der Waals surface area contributed by atoms with Crippen LogP contribution < -0.4 is 11.1 Å². The zero-order valence-corrected chi connectivity index (χ0v) is 14.2. The Morgan fingerprint density at radius 3 is 2.57 bits per heavy atom. The van der Waals surface area contributed by atoms with E-state index in [0.717, 1.165) is 11.1 Å². The van der Waals surface area contributed by atoms with Gasteiger partial charge in [0.05, 0.1) is 10.2 Å². The Kier molecular flexibility index (Phi) is 4.96. The first-order valence-corrected chi connectivity index (χ1v) is 7.71. The highest BCUT2D eigenvalue weighted by Crippen LogP contribution is 2.30. The third-order valence-electron chi connectivity index (χ3n) is 3.37. The van der Waals surface area contributed by atoms with Crippen LogP contribution in [0.15, 0.2) is 40.9 Å². The maximum absolute atomic E-state index is 14.4. The van der Waals surface area contributed by atoms with Gasteiger partial charge in [-0.3, -0.25) is 0 Å². The maximum atomic E-state index is 14.4. The average Bonchev–Trinajstić information content (AvgIpc) is 2.44. The van der Waals surface area contributed by atoms with E-state index in [1.165, 1.54) is 0 Å². The summed E-state index contributed by atoms with van der Waals surface area (Å²) in [5.74, 6) is -0.388. The van der Waals surface area contributed by atoms with Crippen LogP contribution in [-0.2, 0) is 0 Å². The van der Waals surface area contributed by atoms with Gasteiger partial charge in [0.15, 0.2) is 5.82 Å². The highest BCUT2D eigenvalue weighted by Gasteiger charge is 2.15. The smallest absolute Gasteiger partial charge is 0.161 e. The summed E-state index contributed by atoms with van der Waals surface area (Å²) in [7, 11) is 0. The SMILES string of the molecule is Cc1ccccc1C(C)Nc1ccc(C(N)=S)c(Br)c1F. The number of halogens is 2. The molecule has 0 saturated carbocycles. The van der Waals surface area contributed by atoms with E-state index in [4.69, 9.17) is 18.0 Å². The zero-order valence-electron chi connectivity index (χ0n) is 11.8. The fraction of sp³-hybridized carbons (Fsp3) is 0.188. The predicted octanol–water partition coefficient (Wildman–Crippen LogP) is 4.70. The van der Waals surface area contributed by atoms with Gasteiger partial charge in [0.2, 0.25) is 0 Å². The van der Waals surface area contributed by atoms with Crippen LogP contribution in [0.2, 0.25) is 0 Å². The molecule has 0 spiro atoms. The van der Waals surface area contributed by atoms with Crippen LogP contribution in [-0.4, -0.2) is 4.99 Å². The molecule has 2 aromatic rings. The number of hydrogen-bond donors (Lipinski definition) is 2. The van der Waals surface area contributed by atoms with Crippen LogP contribution in [0, 0.1) is 12.7 Å². The van der Waals surface area contributed by atoms with Gasteiger partial charge in [-0.15, -0.1) is 0 Å². The number of nitrogens with one attached hydrogen (secondary N) is 1. The fourth-order valence-corrected chi connectivity index (χ4v) is 3.10. The summed E-state index contributed by atoms with van der Waals surface area (Å²) in [6.45, 7) is 4.03. The van der Waals surface area contributed by atoms with E-state index in [-0.39, 0.29) is 21.3 Å². The largest absolute Gasteiger partial charge is 0.389 e. The molecule has 0 aliphatic heterocycles. The summed E-state index contributed by atoms with van der Waals surface area (Å²) in [5.41, 5.74) is 8.77. The van der Waals surface area contributed by atoms with Gasteiger partial charge in [-0.1, -0.05) is 36.5 Å². The normalized spacial score (nSPS) is 12.0. The van der Waals surface area contributed by atoms with E-state index < -0.39 is 0 Å². The molecule has 21 heavy (non-hydrogen) atoms. The minimum atomic E-state index is -0.388. The van der Waals surface area contributed by atoms with Crippen molar-refractivity contribution < 1.29 is 4.39 Å². The first kappa shape index (κ1) is 15.9. The summed E-state index contributed by atoms with van der Waals surface area (Å²) >= 11 is 8.10. The lowest BCUT2D eigenvalue weighted by Gasteiger charge is -2.19. The Morgan fingerprint density at radius 1 is 1.29 bits per heavy atom. The first-order valence-electron chi connectivity index (χ1n) is 6.51. The highest BCUT2D eigenvalue weighted by molar-refractivity contribution is 9.10. The monoisotopic (exact) mass is 366 g/mol. The van der Waals surface area contributed by atoms with Gasteiger partial charge in [0, 0.05) is 11.6 Å². The first-order chi connectivity index (χ1) is 9.91. The summed E-state index contributed by atoms with van der Waals surface area (Å²) in [6, 6.07) is 11.4. The number of benzene rings is 2. The maximum Gasteiger partial charge on any atom is 0.161 e. The minimum absolute atomic E-state index is 0.0109. The van der Waals surface area contributed by atoms with Crippen molar-refractivity contribution in [3.05, 3.63) is 63.4 Å². The van der Waals surface area contributed by atoms with Crippen LogP contribution in [0.4, 0.5) is 10.1 Å². The van der Waals surface area contributed by atoms with Crippen molar-refractivity contribution in [2.45, 2.75) is 19.9 Å². The van der Waals surface area contributed by atoms with Gasteiger partial charge >= 0.3 is 0 Å². The topological polar surface area (TPSA) is 38.0 Å². The third kappa shape index (κ3) is 3.41. The van der Waals surface area contributed by atoms with Gasteiger partial charge in [-0.2, -0.15) is 0 Å². The molecule has 0 heterocycles. The molecule has 0 aliphatic carbocycles. The molecule has 110 valence electrons. The molecule has 0 saturated heterocycles. The second-order valence-electron chi connectivity index (χ2n) is 4.88. The second kappa shape index (κ2) is 6.54. The molecular formula is C16H16BrFN2S. The minimum Gasteiger partial charge on any atom is -0.389 e. The number of rotatable bonds is 4. The molecule has 1 unspecified atom stereocenters. The average molecular weight is 367 g/mol. The third-order valence-corrected chi connectivity index (χ3v) is 4.37. The van der Waals surface area contributed by atoms with E-state index in [9.17, 15) is 4.39 Å². The summed E-state index contributed by atoms with van der Waals surface area (Å²) in [4.78, 5) is 0.166. The molecule has 2 aromatic carbocycles. The Morgan fingerprint density at radius 2 is 1.95 bits per heavy atom. The van der Waals surface area contributed by atoms with E-state index >= 15 is 0 Å². The molecule has 5 heteroatoms. The van der Waals surface area contributed by atoms with Crippen LogP contribution in [0.5, 0.6) is 0 Å². The lowest BCUT2D eigenvalue weighted by molar-refractivity contribution is 0.620. The molecule has 0 aliphatic rings. The standard InChI is InChI=1S/C16H16BrFN2S/c1-9-5-3-4-6-11(9)10(2)20-13-8-7-12(16(19)21)14(17)15(13)18/h3-8,10,20H,1-2H3,(H2,19,21). The van der Waals surface area contributed by atoms with Crippen molar-refractivity contribution >= 4 is 38.8 Å². The fourth-order valence-electron chi connectivity index (χ4n) is 2.23. The molecule has 0 amide bonds. The van der Waals surface area contributed by atoms with Crippen LogP contribution in [0.25, 0.3) is 0 Å². The lowest BCUT2D eigenvalue weighted by atomic mass is 10.0. The molecule has 1 atom stereocenters. The molecule has 3 N–H and O–H groups in total. The number of hydrogen-bond acceptors (Lipinski definition) is 2. The quantitative estimate of drug-likeness (QED) is 0.769. The van der Waals surface area contributed by atoms with Crippen LogP contribution in [0.1, 0.15) is 29.7 Å². The summed E-state index contributed by atoms with van der Waals surface area (Å²) < 4.78 is 14.7. The highest BCUT2D eigenvalue weighted by atomic mass is 79.9. The molecule has 0 aromatic heterocycles. The Bertz CT molecular complexity index is 688. The van der Waals surface area contributed by atoms with Crippen molar-refractivity contribution in [1.82, 2.24) is 0 Å². The van der Waals surface area contributed by atoms with E-state index in [1.807, 2.05) is 38.1 Å². The number of aryl methyl sites for hydroxylation is 1. The van der Waals surface area contributed by atoms with Crippen LogP contribution in [0.3, 0.4) is 0 Å². The summed E-state index contributed by atoms with van der Waals surface area (Å²) in [6.07, 6.45) is 0. The predicted molar refractivity (Wildman–Crippen MR) is 93.2 cm³/mol. The Balaban J connectivity index is 2.30. The molecule has 2 nitrogen and oxygen atoms in total. The Hall–Kier alpha value is -1.46. The van der Waals surface area contributed by atoms with Gasteiger partial charge in [0.25, 0.3) is 0 Å². The zero-order chi connectivity index (χ0) is 15.6. The van der Waals surface area contributed by atoms with E-state index in [0.29, 0.717) is 11.3 Å². The molecule has 0 bridgehead atoms. The second-order valence-corrected chi connectivity index (χ2v) is 6.11. The van der Waals surface area contributed by atoms with Crippen molar-refractivity contribution in [3.8, 4) is 0 Å². The molecule has 2 rings (SSSR count).